The molecular formula is C15H16FN3O2S. The van der Waals surface area contributed by atoms with Gasteiger partial charge in [0.15, 0.2) is 4.80 Å². The van der Waals surface area contributed by atoms with Gasteiger partial charge >= 0.3 is 0 Å². The summed E-state index contributed by atoms with van der Waals surface area (Å²) in [6, 6.07) is 6.73. The van der Waals surface area contributed by atoms with Gasteiger partial charge in [-0.05, 0) is 38.1 Å². The molecule has 0 aliphatic heterocycles. The third kappa shape index (κ3) is 3.67. The van der Waals surface area contributed by atoms with E-state index in [1.54, 1.807) is 0 Å². The van der Waals surface area contributed by atoms with Crippen molar-refractivity contribution in [3.8, 4) is 0 Å². The average Bonchev–Trinajstić information content (AvgIpc) is 2.49. The van der Waals surface area contributed by atoms with E-state index in [9.17, 15) is 14.0 Å². The van der Waals surface area contributed by atoms with Gasteiger partial charge in [-0.3, -0.25) is 19.1 Å². The number of nitrogens with one attached hydrogen (secondary N) is 1. The summed E-state index contributed by atoms with van der Waals surface area (Å²) in [6.07, 6.45) is 0. The maximum Gasteiger partial charge on any atom is 0.266 e. The number of rotatable bonds is 4. The molecule has 0 fully saturated rings. The highest BCUT2D eigenvalue weighted by atomic mass is 32.1. The Morgan fingerprint density at radius 1 is 1.32 bits per heavy atom. The molecule has 0 atom stereocenters. The zero-order chi connectivity index (χ0) is 16.1. The molecule has 0 bridgehead atoms. The van der Waals surface area contributed by atoms with Crippen molar-refractivity contribution in [1.29, 1.82) is 0 Å². The molecule has 0 saturated heterocycles. The monoisotopic (exact) mass is 321 g/mol. The molecule has 22 heavy (non-hydrogen) atoms. The molecule has 1 heterocycles. The van der Waals surface area contributed by atoms with Gasteiger partial charge in [-0.15, -0.1) is 0 Å². The van der Waals surface area contributed by atoms with Crippen LogP contribution in [-0.4, -0.2) is 17.0 Å². The van der Waals surface area contributed by atoms with Gasteiger partial charge in [0.1, 0.15) is 10.7 Å². The van der Waals surface area contributed by atoms with Crippen molar-refractivity contribution < 1.29 is 9.18 Å². The second-order valence-corrected chi connectivity index (χ2v) is 5.42. The smallest absolute Gasteiger partial charge is 0.266 e. The predicted molar refractivity (Wildman–Crippen MR) is 84.7 cm³/mol. The minimum absolute atomic E-state index is 0.266. The van der Waals surface area contributed by atoms with Crippen LogP contribution in [0.25, 0.3) is 0 Å². The van der Waals surface area contributed by atoms with E-state index in [2.05, 4.69) is 10.3 Å². The van der Waals surface area contributed by atoms with Gasteiger partial charge in [0.05, 0.1) is 0 Å². The first-order chi connectivity index (χ1) is 10.5. The van der Waals surface area contributed by atoms with Crippen molar-refractivity contribution in [1.82, 2.24) is 4.57 Å². The lowest BCUT2D eigenvalue weighted by molar-refractivity contribution is 0.103. The summed E-state index contributed by atoms with van der Waals surface area (Å²) >= 11 is 1.15. The summed E-state index contributed by atoms with van der Waals surface area (Å²) in [5.74, 6) is -0.792. The van der Waals surface area contributed by atoms with Crippen LogP contribution in [0.5, 0.6) is 0 Å². The lowest BCUT2D eigenvalue weighted by atomic mass is 10.3. The third-order valence-corrected chi connectivity index (χ3v) is 3.94. The van der Waals surface area contributed by atoms with Gasteiger partial charge in [0.25, 0.3) is 11.5 Å². The fourth-order valence-electron chi connectivity index (χ4n) is 1.85. The molecule has 0 aliphatic rings. The van der Waals surface area contributed by atoms with E-state index in [0.717, 1.165) is 11.3 Å². The Morgan fingerprint density at radius 3 is 2.59 bits per heavy atom. The van der Waals surface area contributed by atoms with E-state index in [4.69, 9.17) is 0 Å². The quantitative estimate of drug-likeness (QED) is 0.938. The molecule has 1 aromatic heterocycles. The fourth-order valence-corrected chi connectivity index (χ4v) is 2.87. The predicted octanol–water partition coefficient (Wildman–Crippen LogP) is 2.24. The van der Waals surface area contributed by atoms with Crippen molar-refractivity contribution in [3.05, 3.63) is 56.2 Å². The molecule has 5 nitrogen and oxygen atoms in total. The first-order valence-electron chi connectivity index (χ1n) is 6.87. The van der Waals surface area contributed by atoms with Gasteiger partial charge in [-0.1, -0.05) is 11.3 Å². The Labute approximate surface area is 130 Å². The van der Waals surface area contributed by atoms with E-state index < -0.39 is 5.91 Å². The molecule has 1 aromatic carbocycles. The molecule has 2 rings (SSSR count). The topological polar surface area (TPSA) is 63.5 Å². The number of benzene rings is 1. The molecule has 0 unspecified atom stereocenters. The number of halogens is 1. The molecule has 0 spiro atoms. The van der Waals surface area contributed by atoms with Crippen LogP contribution in [0.4, 0.5) is 10.1 Å². The van der Waals surface area contributed by atoms with Crippen LogP contribution in [0.3, 0.4) is 0 Å². The Hall–Kier alpha value is -2.28. The maximum atomic E-state index is 12.9. The molecule has 0 saturated carbocycles. The highest BCUT2D eigenvalue weighted by Gasteiger charge is 2.11. The number of carbonyl (C=O) groups excluding carboxylic acids is 1. The number of carbonyl (C=O) groups is 1. The maximum absolute atomic E-state index is 12.9. The second-order valence-electron chi connectivity index (χ2n) is 4.41. The largest absolute Gasteiger partial charge is 0.321 e. The summed E-state index contributed by atoms with van der Waals surface area (Å²) in [4.78, 5) is 29.3. The summed E-state index contributed by atoms with van der Waals surface area (Å²) in [6.45, 7) is 4.73. The number of amides is 1. The molecule has 1 amide bonds. The van der Waals surface area contributed by atoms with Gasteiger partial charge in [-0.25, -0.2) is 4.39 Å². The molecule has 0 aliphatic carbocycles. The summed E-state index contributed by atoms with van der Waals surface area (Å²) in [5.41, 5.74) is 0.199. The second kappa shape index (κ2) is 7.13. The Morgan fingerprint density at radius 2 is 2.00 bits per heavy atom. The van der Waals surface area contributed by atoms with Crippen LogP contribution in [-0.2, 0) is 6.54 Å². The van der Waals surface area contributed by atoms with Crippen molar-refractivity contribution in [2.24, 2.45) is 4.99 Å². The van der Waals surface area contributed by atoms with Crippen molar-refractivity contribution in [2.75, 3.05) is 11.9 Å². The van der Waals surface area contributed by atoms with Gasteiger partial charge in [0.2, 0.25) is 0 Å². The zero-order valence-electron chi connectivity index (χ0n) is 12.3. The molecule has 2 aromatic rings. The molecule has 1 N–H and O–H groups in total. The molecular weight excluding hydrogens is 305 g/mol. The average molecular weight is 321 g/mol. The van der Waals surface area contributed by atoms with Crippen molar-refractivity contribution >= 4 is 22.9 Å². The van der Waals surface area contributed by atoms with Crippen LogP contribution in [0, 0.1) is 5.82 Å². The van der Waals surface area contributed by atoms with Crippen LogP contribution in [0.15, 0.2) is 40.1 Å². The number of hydrogen-bond donors (Lipinski definition) is 1. The minimum Gasteiger partial charge on any atom is -0.321 e. The number of aromatic nitrogens is 1. The van der Waals surface area contributed by atoms with Gasteiger partial charge < -0.3 is 5.32 Å². The van der Waals surface area contributed by atoms with E-state index in [-0.39, 0.29) is 16.3 Å². The van der Waals surface area contributed by atoms with Crippen LogP contribution in [0.2, 0.25) is 0 Å². The zero-order valence-corrected chi connectivity index (χ0v) is 13.1. The van der Waals surface area contributed by atoms with E-state index in [1.807, 2.05) is 13.8 Å². The molecule has 0 radical (unpaired) electrons. The van der Waals surface area contributed by atoms with Crippen molar-refractivity contribution in [2.45, 2.75) is 20.4 Å². The van der Waals surface area contributed by atoms with Crippen LogP contribution < -0.4 is 15.7 Å². The van der Waals surface area contributed by atoms with Crippen molar-refractivity contribution in [3.63, 3.8) is 0 Å². The van der Waals surface area contributed by atoms with E-state index in [0.29, 0.717) is 23.6 Å². The third-order valence-electron chi connectivity index (χ3n) is 2.89. The summed E-state index contributed by atoms with van der Waals surface area (Å²) < 4.78 is 14.4. The number of nitrogens with zero attached hydrogens (tertiary/aromatic N) is 2. The fraction of sp³-hybridized carbons (Fsp3) is 0.267. The molecule has 116 valence electrons. The van der Waals surface area contributed by atoms with Gasteiger partial charge in [0, 0.05) is 24.8 Å². The van der Waals surface area contributed by atoms with Gasteiger partial charge in [-0.2, -0.15) is 0 Å². The normalized spacial score (nSPS) is 11.5. The summed E-state index contributed by atoms with van der Waals surface area (Å²) in [5, 5.41) is 2.63. The molecule has 7 heteroatoms. The van der Waals surface area contributed by atoms with E-state index >= 15 is 0 Å². The number of anilines is 1. The lowest BCUT2D eigenvalue weighted by Gasteiger charge is -2.07. The highest BCUT2D eigenvalue weighted by molar-refractivity contribution is 7.11. The standard InChI is InChI=1S/C15H16FN3O2S/c1-3-17-15-19(4-2)13(20)9-12(22-15)14(21)18-11-7-5-10(16)6-8-11/h5-9H,3-4H2,1-2H3,(H,18,21). The Balaban J connectivity index is 2.36. The first kappa shape index (κ1) is 16.1. The van der Waals surface area contributed by atoms with Crippen LogP contribution >= 0.6 is 11.3 Å². The number of hydrogen-bond acceptors (Lipinski definition) is 4. The van der Waals surface area contributed by atoms with E-state index in [1.165, 1.54) is 34.9 Å². The minimum atomic E-state index is -0.412. The van der Waals surface area contributed by atoms with Crippen LogP contribution in [0.1, 0.15) is 23.5 Å². The lowest BCUT2D eigenvalue weighted by Crippen LogP contribution is -2.32. The Bertz CT molecular complexity index is 794. The summed E-state index contributed by atoms with van der Waals surface area (Å²) in [7, 11) is 0. The highest BCUT2D eigenvalue weighted by Crippen LogP contribution is 2.10. The first-order valence-corrected chi connectivity index (χ1v) is 7.69. The SMILES string of the molecule is CCN=c1sc(C(=O)Nc2ccc(F)cc2)cc(=O)n1CC. The Kier molecular flexibility index (Phi) is 5.21.